The highest BCUT2D eigenvalue weighted by atomic mass is 19.1. The van der Waals surface area contributed by atoms with Crippen LogP contribution in [-0.4, -0.2) is 81.5 Å². The number of nitrogens with zero attached hydrogens (tertiary/aromatic N) is 4. The monoisotopic (exact) mass is 653 g/mol. The number of anilines is 2. The van der Waals surface area contributed by atoms with Crippen molar-refractivity contribution in [1.29, 1.82) is 0 Å². The van der Waals surface area contributed by atoms with E-state index in [9.17, 15) is 29.4 Å². The quantitative estimate of drug-likeness (QED) is 0.150. The lowest BCUT2D eigenvalue weighted by molar-refractivity contribution is -0.116. The van der Waals surface area contributed by atoms with Gasteiger partial charge in [0.2, 0.25) is 11.3 Å². The van der Waals surface area contributed by atoms with Gasteiger partial charge >= 0.3 is 12.1 Å². The summed E-state index contributed by atoms with van der Waals surface area (Å²) in [4.78, 5) is 52.5. The van der Waals surface area contributed by atoms with Gasteiger partial charge in [0, 0.05) is 56.2 Å². The molecule has 0 bridgehead atoms. The number of rotatable bonds is 11. The summed E-state index contributed by atoms with van der Waals surface area (Å²) in [5.74, 6) is 3.29. The first-order valence-corrected chi connectivity index (χ1v) is 15.1. The number of hydrazine groups is 1. The highest BCUT2D eigenvalue weighted by molar-refractivity contribution is 5.94. The smallest absolute Gasteiger partial charge is 0.410 e. The molecule has 1 aromatic heterocycles. The van der Waals surface area contributed by atoms with Gasteiger partial charge in [0.1, 0.15) is 24.5 Å². The number of carboxylic acid groups (broad SMARTS) is 1. The van der Waals surface area contributed by atoms with Gasteiger partial charge in [-0.2, -0.15) is 0 Å². The number of aromatic carboxylic acids is 1. The highest BCUT2D eigenvalue weighted by Gasteiger charge is 2.25. The van der Waals surface area contributed by atoms with Crippen molar-refractivity contribution >= 4 is 40.2 Å². The zero-order valence-corrected chi connectivity index (χ0v) is 26.5. The van der Waals surface area contributed by atoms with Gasteiger partial charge in [-0.1, -0.05) is 26.0 Å². The van der Waals surface area contributed by atoms with Crippen LogP contribution in [0.5, 0.6) is 0 Å². The number of hydrogen-bond acceptors (Lipinski definition) is 10. The summed E-state index contributed by atoms with van der Waals surface area (Å²) in [6, 6.07) is 9.34. The lowest BCUT2D eigenvalue weighted by Gasteiger charge is -2.35. The van der Waals surface area contributed by atoms with E-state index in [1.807, 2.05) is 0 Å². The molecule has 1 aliphatic heterocycles. The van der Waals surface area contributed by atoms with Gasteiger partial charge in [-0.3, -0.25) is 9.59 Å². The molecule has 2 amide bonds. The van der Waals surface area contributed by atoms with Crippen molar-refractivity contribution in [2.24, 2.45) is 17.5 Å². The maximum Gasteiger partial charge on any atom is 0.410 e. The number of benzene rings is 2. The van der Waals surface area contributed by atoms with Gasteiger partial charge in [0.15, 0.2) is 0 Å². The Hall–Kier alpha value is -5.15. The minimum atomic E-state index is -1.37. The minimum Gasteiger partial charge on any atom is -0.477 e. The number of hydrogen-bond donors (Lipinski definition) is 5. The van der Waals surface area contributed by atoms with Gasteiger partial charge < -0.3 is 45.4 Å². The maximum absolute atomic E-state index is 15.2. The first-order chi connectivity index (χ1) is 22.3. The molecule has 14 nitrogen and oxygen atoms in total. The van der Waals surface area contributed by atoms with Crippen molar-refractivity contribution in [1.82, 2.24) is 14.5 Å². The number of nitrogens with two attached hydrogens (primary N) is 2. The molecule has 15 heteroatoms. The van der Waals surface area contributed by atoms with Crippen LogP contribution < -0.4 is 27.2 Å². The van der Waals surface area contributed by atoms with Crippen LogP contribution in [0.15, 0.2) is 59.3 Å². The Morgan fingerprint density at radius 3 is 2.38 bits per heavy atom. The molecule has 2 heterocycles. The molecular formula is C32H40FN7O7. The fraction of sp³-hybridized carbons (Fsp3) is 0.375. The third kappa shape index (κ3) is 8.37. The second-order valence-corrected chi connectivity index (χ2v) is 11.5. The van der Waals surface area contributed by atoms with Gasteiger partial charge in [0.05, 0.1) is 23.0 Å². The van der Waals surface area contributed by atoms with E-state index in [2.05, 4.69) is 5.32 Å². The normalized spacial score (nSPS) is 14.3. The van der Waals surface area contributed by atoms with Crippen molar-refractivity contribution in [2.45, 2.75) is 40.0 Å². The average molecular weight is 654 g/mol. The molecule has 7 N–H and O–H groups in total. The molecule has 1 atom stereocenters. The molecule has 0 spiro atoms. The van der Waals surface area contributed by atoms with Gasteiger partial charge in [0.25, 0.3) is 0 Å². The van der Waals surface area contributed by atoms with Crippen LogP contribution in [0.1, 0.15) is 36.7 Å². The molecule has 3 aromatic rings. The predicted molar refractivity (Wildman–Crippen MR) is 174 cm³/mol. The molecule has 0 aliphatic carbocycles. The van der Waals surface area contributed by atoms with Crippen molar-refractivity contribution in [2.75, 3.05) is 42.9 Å². The number of pyridine rings is 1. The number of halogens is 1. The zero-order valence-electron chi connectivity index (χ0n) is 26.5. The number of amides is 2. The Morgan fingerprint density at radius 2 is 1.79 bits per heavy atom. The molecule has 47 heavy (non-hydrogen) atoms. The number of fused-ring (bicyclic) bond motifs is 1. The summed E-state index contributed by atoms with van der Waals surface area (Å²) >= 11 is 0. The number of aryl methyl sites for hydroxylation is 1. The number of aliphatic hydroxyl groups is 1. The molecular weight excluding hydrogens is 613 g/mol. The Bertz CT molecular complexity index is 1720. The van der Waals surface area contributed by atoms with Crippen LogP contribution in [0, 0.1) is 11.7 Å². The van der Waals surface area contributed by atoms with Crippen LogP contribution in [0.3, 0.4) is 0 Å². The summed E-state index contributed by atoms with van der Waals surface area (Å²) in [6.45, 7) is 6.76. The minimum absolute atomic E-state index is 0.00171. The number of aliphatic hydroxyl groups excluding tert-OH is 1. The lowest BCUT2D eigenvalue weighted by atomic mass is 10.1. The first-order valence-electron chi connectivity index (χ1n) is 15.1. The Labute approximate surface area is 270 Å². The molecule has 1 saturated heterocycles. The summed E-state index contributed by atoms with van der Waals surface area (Å²) < 4.78 is 22.2. The Morgan fingerprint density at radius 1 is 1.13 bits per heavy atom. The van der Waals surface area contributed by atoms with E-state index < -0.39 is 40.9 Å². The molecule has 4 rings (SSSR count). The lowest BCUT2D eigenvalue weighted by Crippen LogP contribution is -2.49. The van der Waals surface area contributed by atoms with E-state index in [0.29, 0.717) is 36.4 Å². The van der Waals surface area contributed by atoms with E-state index in [-0.39, 0.29) is 48.9 Å². The fourth-order valence-corrected chi connectivity index (χ4v) is 5.17. The maximum atomic E-state index is 15.2. The van der Waals surface area contributed by atoms with Gasteiger partial charge in [-0.25, -0.2) is 19.8 Å². The third-order valence-corrected chi connectivity index (χ3v) is 7.81. The van der Waals surface area contributed by atoms with E-state index in [4.69, 9.17) is 16.3 Å². The molecule has 0 saturated carbocycles. The number of carbonyl (C=O) groups is 3. The number of carbonyl (C=O) groups excluding carboxylic acids is 2. The Kier molecular flexibility index (Phi) is 11.1. The molecule has 252 valence electrons. The van der Waals surface area contributed by atoms with Crippen molar-refractivity contribution in [3.05, 3.63) is 81.7 Å². The second kappa shape index (κ2) is 15.0. The van der Waals surface area contributed by atoms with Crippen molar-refractivity contribution in [3.8, 4) is 0 Å². The van der Waals surface area contributed by atoms with Crippen LogP contribution in [0.2, 0.25) is 0 Å². The number of piperazine rings is 1. The molecule has 2 aromatic carbocycles. The number of carboxylic acids is 1. The standard InChI is InChI=1S/C32H40FN7O7/c1-4-37-15-23(31(44)45)30(43)22-13-24(33)27(14-26(22)37)38-9-11-39(12-10-38)32(46)47-18-20-5-7-21(8-6-20)36-28(41)17-40(35)16-25(34)29(42)19(2)3/h5-8,13-16,19,29,42H,4,9-12,17-18,34-35H2,1-3H3,(H,36,41)(H,44,45)/b25-16-. The van der Waals surface area contributed by atoms with Crippen molar-refractivity contribution in [3.63, 3.8) is 0 Å². The van der Waals surface area contributed by atoms with Crippen molar-refractivity contribution < 1.29 is 33.7 Å². The number of aromatic nitrogens is 1. The number of ether oxygens (including phenoxy) is 1. The van der Waals surface area contributed by atoms with Gasteiger partial charge in [-0.15, -0.1) is 0 Å². The topological polar surface area (TPSA) is 197 Å². The predicted octanol–water partition coefficient (Wildman–Crippen LogP) is 2.25. The zero-order chi connectivity index (χ0) is 34.4. The van der Waals surface area contributed by atoms with E-state index in [0.717, 1.165) is 11.1 Å². The van der Waals surface area contributed by atoms with Crippen LogP contribution in [0.4, 0.5) is 20.6 Å². The summed E-state index contributed by atoms with van der Waals surface area (Å²) in [5.41, 5.74) is 6.69. The summed E-state index contributed by atoms with van der Waals surface area (Å²) in [6.07, 6.45) is 1.17. The van der Waals surface area contributed by atoms with Crippen LogP contribution in [0.25, 0.3) is 10.9 Å². The SMILES string of the molecule is CCn1cc(C(=O)O)c(=O)c2cc(F)c(N3CCN(C(=O)OCc4ccc(NC(=O)CN(N)/C=C(\N)C(O)C(C)C)cc4)CC3)cc21. The molecule has 1 aliphatic rings. The van der Waals surface area contributed by atoms with E-state index in [1.54, 1.807) is 60.6 Å². The average Bonchev–Trinajstić information content (AvgIpc) is 3.03. The summed E-state index contributed by atoms with van der Waals surface area (Å²) in [5, 5.41) is 23.1. The third-order valence-electron chi connectivity index (χ3n) is 7.81. The fourth-order valence-electron chi connectivity index (χ4n) is 5.17. The largest absolute Gasteiger partial charge is 0.477 e. The van der Waals surface area contributed by atoms with Crippen LogP contribution in [-0.2, 0) is 22.7 Å². The molecule has 1 fully saturated rings. The summed E-state index contributed by atoms with van der Waals surface area (Å²) in [7, 11) is 0. The van der Waals surface area contributed by atoms with Crippen LogP contribution >= 0.6 is 0 Å². The van der Waals surface area contributed by atoms with E-state index in [1.165, 1.54) is 17.3 Å². The molecule has 1 unspecified atom stereocenters. The van der Waals surface area contributed by atoms with Gasteiger partial charge in [-0.05, 0) is 42.7 Å². The highest BCUT2D eigenvalue weighted by Crippen LogP contribution is 2.26. The second-order valence-electron chi connectivity index (χ2n) is 11.5. The van der Waals surface area contributed by atoms with E-state index >= 15 is 4.39 Å². The molecule has 0 radical (unpaired) electrons. The number of nitrogens with one attached hydrogen (secondary N) is 1. The first kappa shape index (κ1) is 34.7. The Balaban J connectivity index is 1.29.